The van der Waals surface area contributed by atoms with Crippen LogP contribution in [0.1, 0.15) is 77.9 Å². The molecule has 2 aliphatic heterocycles. The van der Waals surface area contributed by atoms with Crippen molar-refractivity contribution in [2.45, 2.75) is 76.7 Å². The summed E-state index contributed by atoms with van der Waals surface area (Å²) in [5.41, 5.74) is 15.5. The maximum atomic E-state index is 12.6. The van der Waals surface area contributed by atoms with Crippen molar-refractivity contribution in [2.24, 2.45) is 0 Å². The predicted molar refractivity (Wildman–Crippen MR) is 229 cm³/mol. The molecule has 11 heteroatoms. The number of carbonyl (C=O) groups excluding carboxylic acids is 2. The van der Waals surface area contributed by atoms with Gasteiger partial charge in [-0.15, -0.1) is 0 Å². The van der Waals surface area contributed by atoms with Gasteiger partial charge >= 0.3 is 0 Å². The first kappa shape index (κ1) is 41.4. The van der Waals surface area contributed by atoms with E-state index in [0.29, 0.717) is 50.0 Å². The molecule has 0 aliphatic carbocycles. The molecule has 0 radical (unpaired) electrons. The van der Waals surface area contributed by atoms with Crippen molar-refractivity contribution >= 4 is 23.2 Å². The minimum Gasteiger partial charge on any atom is -0.493 e. The summed E-state index contributed by atoms with van der Waals surface area (Å²) >= 11 is 0. The number of nitrogens with one attached hydrogen (secondary N) is 2. The molecule has 0 aromatic heterocycles. The number of rotatable bonds is 16. The molecular weight excluding hydrogens is 745 g/mol. The number of fused-ring (bicyclic) bond motifs is 1. The van der Waals surface area contributed by atoms with Crippen LogP contribution in [0.4, 0.5) is 11.4 Å². The quantitative estimate of drug-likeness (QED) is 0.0579. The third-order valence-corrected chi connectivity index (χ3v) is 11.1. The molecule has 2 aliphatic rings. The third-order valence-electron chi connectivity index (χ3n) is 11.1. The first-order valence-electron chi connectivity index (χ1n) is 20.4. The maximum Gasteiger partial charge on any atom is 0.224 e. The van der Waals surface area contributed by atoms with Crippen LogP contribution in [0.2, 0.25) is 0 Å². The van der Waals surface area contributed by atoms with Gasteiger partial charge < -0.3 is 40.4 Å². The topological polar surface area (TPSA) is 145 Å². The van der Waals surface area contributed by atoms with E-state index in [2.05, 4.69) is 64.1 Å². The van der Waals surface area contributed by atoms with E-state index in [9.17, 15) is 14.7 Å². The molecule has 11 nitrogen and oxygen atoms in total. The highest BCUT2D eigenvalue weighted by atomic mass is 16.7. The summed E-state index contributed by atoms with van der Waals surface area (Å²) in [6, 6.07) is 35.8. The lowest BCUT2D eigenvalue weighted by molar-refractivity contribution is -0.253. The van der Waals surface area contributed by atoms with Gasteiger partial charge in [0, 0.05) is 51.0 Å². The van der Waals surface area contributed by atoms with Crippen LogP contribution in [-0.4, -0.2) is 55.2 Å². The number of anilines is 2. The molecule has 5 aromatic carbocycles. The van der Waals surface area contributed by atoms with Crippen molar-refractivity contribution in [1.29, 1.82) is 0 Å². The van der Waals surface area contributed by atoms with Gasteiger partial charge in [-0.1, -0.05) is 78.9 Å². The summed E-state index contributed by atoms with van der Waals surface area (Å²) in [4.78, 5) is 27.4. The summed E-state index contributed by atoms with van der Waals surface area (Å²) < 4.78 is 24.5. The van der Waals surface area contributed by atoms with Crippen LogP contribution in [0.5, 0.6) is 11.5 Å². The van der Waals surface area contributed by atoms with Gasteiger partial charge in [0.2, 0.25) is 11.8 Å². The molecule has 2 amide bonds. The lowest BCUT2D eigenvalue weighted by Crippen LogP contribution is -2.41. The molecule has 3 unspecified atom stereocenters. The lowest BCUT2D eigenvalue weighted by atomic mass is 9.96. The average Bonchev–Trinajstić information content (AvgIpc) is 3.27. The molecule has 5 aromatic rings. The van der Waals surface area contributed by atoms with Gasteiger partial charge in [0.1, 0.15) is 0 Å². The van der Waals surface area contributed by atoms with Gasteiger partial charge in [0.15, 0.2) is 17.8 Å². The number of amides is 2. The Bertz CT molecular complexity index is 2190. The van der Waals surface area contributed by atoms with Crippen molar-refractivity contribution in [2.75, 3.05) is 38.4 Å². The largest absolute Gasteiger partial charge is 0.493 e. The Labute approximate surface area is 346 Å². The van der Waals surface area contributed by atoms with E-state index in [1.54, 1.807) is 26.4 Å². The molecule has 3 atom stereocenters. The number of methoxy groups -OCH3 is 2. The number of unbranched alkanes of at least 4 members (excludes halogenated alkanes) is 1. The number of hydrogen-bond acceptors (Lipinski definition) is 9. The molecule has 0 bridgehead atoms. The monoisotopic (exact) mass is 798 g/mol. The normalized spacial score (nSPS) is 17.8. The van der Waals surface area contributed by atoms with Crippen LogP contribution in [0.25, 0.3) is 11.1 Å². The van der Waals surface area contributed by atoms with Gasteiger partial charge in [0.25, 0.3) is 0 Å². The van der Waals surface area contributed by atoms with Crippen LogP contribution in [0.3, 0.4) is 0 Å². The van der Waals surface area contributed by atoms with E-state index in [1.807, 2.05) is 48.5 Å². The second-order valence-electron chi connectivity index (χ2n) is 15.3. The second kappa shape index (κ2) is 19.8. The van der Waals surface area contributed by atoms with E-state index in [-0.39, 0.29) is 30.6 Å². The molecule has 0 saturated carbocycles. The lowest BCUT2D eigenvalue weighted by Gasteiger charge is -2.39. The number of hydrogen-bond donors (Lipinski definition) is 4. The zero-order valence-electron chi connectivity index (χ0n) is 33.8. The zero-order valence-corrected chi connectivity index (χ0v) is 33.8. The van der Waals surface area contributed by atoms with Gasteiger partial charge in [0.05, 0.1) is 44.4 Å². The number of carbonyl (C=O) groups is 2. The van der Waals surface area contributed by atoms with Crippen molar-refractivity contribution < 1.29 is 33.6 Å². The van der Waals surface area contributed by atoms with Gasteiger partial charge in [-0.3, -0.25) is 14.5 Å². The fraction of sp³-hybridized carbons (Fsp3) is 0.333. The average molecular weight is 799 g/mol. The summed E-state index contributed by atoms with van der Waals surface area (Å²) in [6.07, 6.45) is 2.67. The standard InChI is InChI=1S/C48H54N4O7/c1-56-44-25-38-22-23-52(29-39(38)26-45(44)57-2)30-40-27-43(35-16-14-32(31-53)15-17-35)59-48(58-40)36-20-18-34(19-21-36)37-9-7-8-33(24-37)28-50-46(54)12-5-6-13-47(55)51-42-11-4-3-10-41(42)49/h3-4,7-11,14-21,24-26,40,43,48,53H,5-6,12-13,22-23,27-31,49H2,1-2H3,(H,50,54)(H,51,55). The number of aliphatic hydroxyl groups is 1. The smallest absolute Gasteiger partial charge is 0.224 e. The van der Waals surface area contributed by atoms with E-state index >= 15 is 0 Å². The van der Waals surface area contributed by atoms with Crippen LogP contribution in [0.15, 0.2) is 109 Å². The molecule has 59 heavy (non-hydrogen) atoms. The third kappa shape index (κ3) is 10.9. The highest BCUT2D eigenvalue weighted by Crippen LogP contribution is 2.40. The maximum absolute atomic E-state index is 12.6. The van der Waals surface area contributed by atoms with Crippen LogP contribution in [0, 0.1) is 0 Å². The molecule has 7 rings (SSSR count). The van der Waals surface area contributed by atoms with Crippen molar-refractivity contribution in [1.82, 2.24) is 10.2 Å². The number of nitrogens with two attached hydrogens (primary N) is 1. The molecule has 308 valence electrons. The van der Waals surface area contributed by atoms with Crippen molar-refractivity contribution in [3.63, 3.8) is 0 Å². The van der Waals surface area contributed by atoms with Crippen molar-refractivity contribution in [3.05, 3.63) is 143 Å². The number of benzene rings is 5. The minimum atomic E-state index is -0.565. The Morgan fingerprint density at radius 2 is 1.49 bits per heavy atom. The number of para-hydroxylation sites is 2. The van der Waals surface area contributed by atoms with Gasteiger partial charge in [-0.25, -0.2) is 0 Å². The molecule has 5 N–H and O–H groups in total. The molecule has 2 heterocycles. The summed E-state index contributed by atoms with van der Waals surface area (Å²) in [7, 11) is 3.34. The molecule has 1 saturated heterocycles. The van der Waals surface area contributed by atoms with Gasteiger partial charge in [-0.2, -0.15) is 0 Å². The van der Waals surface area contributed by atoms with Crippen LogP contribution >= 0.6 is 0 Å². The number of aliphatic hydroxyl groups excluding tert-OH is 1. The Kier molecular flexibility index (Phi) is 13.9. The zero-order chi connectivity index (χ0) is 41.1. The van der Waals surface area contributed by atoms with Gasteiger partial charge in [-0.05, 0) is 88.5 Å². The first-order chi connectivity index (χ1) is 28.8. The Morgan fingerprint density at radius 1 is 0.780 bits per heavy atom. The highest BCUT2D eigenvalue weighted by molar-refractivity contribution is 5.93. The molecule has 1 fully saturated rings. The van der Waals surface area contributed by atoms with E-state index < -0.39 is 6.29 Å². The SMILES string of the molecule is COc1cc2c(cc1OC)CN(CC1CC(c3ccc(CO)cc3)OC(c3ccc(-c4cccc(CNC(=O)CCCCC(=O)Nc5ccccc5N)c4)cc3)O1)CC2. The van der Waals surface area contributed by atoms with Crippen LogP contribution < -0.4 is 25.8 Å². The molecule has 0 spiro atoms. The fourth-order valence-corrected chi connectivity index (χ4v) is 7.80. The van der Waals surface area contributed by atoms with E-state index in [4.69, 9.17) is 24.7 Å². The number of ether oxygens (including phenoxy) is 4. The van der Waals surface area contributed by atoms with Crippen LogP contribution in [-0.2, 0) is 45.2 Å². The number of nitrogens with zero attached hydrogens (tertiary/aromatic N) is 1. The Morgan fingerprint density at radius 3 is 2.22 bits per heavy atom. The summed E-state index contributed by atoms with van der Waals surface area (Å²) in [6.45, 7) is 2.86. The minimum absolute atomic E-state index is 0.00723. The van der Waals surface area contributed by atoms with E-state index in [0.717, 1.165) is 70.9 Å². The fourth-order valence-electron chi connectivity index (χ4n) is 7.80. The summed E-state index contributed by atoms with van der Waals surface area (Å²) in [5, 5.41) is 15.5. The Hall–Kier alpha value is -5.72. The van der Waals surface area contributed by atoms with E-state index in [1.165, 1.54) is 11.1 Å². The summed E-state index contributed by atoms with van der Waals surface area (Å²) in [5.74, 6) is 1.33. The first-order valence-corrected chi connectivity index (χ1v) is 20.4. The second-order valence-corrected chi connectivity index (χ2v) is 15.3. The Balaban J connectivity index is 0.952. The number of nitrogen functional groups attached to an aromatic ring is 1. The highest BCUT2D eigenvalue weighted by Gasteiger charge is 2.34. The predicted octanol–water partition coefficient (Wildman–Crippen LogP) is 7.86. The van der Waals surface area contributed by atoms with Crippen molar-refractivity contribution in [3.8, 4) is 22.6 Å². The molecular formula is C48H54N4O7.